The smallest absolute Gasteiger partial charge is 0.236 e. The van der Waals surface area contributed by atoms with Gasteiger partial charge in [-0.05, 0) is 45.8 Å². The number of piperidine rings is 1. The summed E-state index contributed by atoms with van der Waals surface area (Å²) in [5.41, 5.74) is 5.00. The maximum Gasteiger partial charge on any atom is 0.236 e. The van der Waals surface area contributed by atoms with Crippen LogP contribution in [0.15, 0.2) is 5.16 Å². The molecule has 0 aromatic carbocycles. The topological polar surface area (TPSA) is 82.2 Å². The molecule has 1 saturated heterocycles. The number of hydrogen-bond acceptors (Lipinski definition) is 4. The molecular weight excluding hydrogens is 244 g/mol. The number of amides is 1. The molecule has 108 valence electrons. The first kappa shape index (κ1) is 14.1. The van der Waals surface area contributed by atoms with E-state index in [1.807, 2.05) is 11.9 Å². The predicted octanol–water partition coefficient (Wildman–Crippen LogP) is 0.456. The molecule has 0 unspecified atom stereocenters. The fourth-order valence-electron chi connectivity index (χ4n) is 3.09. The Hall–Kier alpha value is -1.30. The zero-order valence-corrected chi connectivity index (χ0v) is 11.8. The Morgan fingerprint density at radius 1 is 1.42 bits per heavy atom. The number of hydrogen-bond donors (Lipinski definition) is 2. The molecule has 1 aliphatic carbocycles. The molecule has 1 aliphatic heterocycles. The minimum absolute atomic E-state index is 0.0172. The number of rotatable bonds is 3. The van der Waals surface area contributed by atoms with E-state index in [2.05, 4.69) is 17.1 Å². The second kappa shape index (κ2) is 5.36. The molecule has 0 bridgehead atoms. The highest BCUT2D eigenvalue weighted by atomic mass is 16.4. The third-order valence-electron chi connectivity index (χ3n) is 4.77. The van der Waals surface area contributed by atoms with E-state index in [-0.39, 0.29) is 17.8 Å². The molecule has 0 aromatic rings. The summed E-state index contributed by atoms with van der Waals surface area (Å²) in [7, 11) is 3.95. The lowest BCUT2D eigenvalue weighted by Crippen LogP contribution is -2.57. The van der Waals surface area contributed by atoms with E-state index in [1.165, 1.54) is 0 Å². The summed E-state index contributed by atoms with van der Waals surface area (Å²) in [4.78, 5) is 16.8. The summed E-state index contributed by atoms with van der Waals surface area (Å²) in [6, 6.07) is 0.271. The highest BCUT2D eigenvalue weighted by Gasteiger charge is 2.50. The molecular formula is C13H24N4O2. The molecule has 3 N–H and O–H groups in total. The van der Waals surface area contributed by atoms with Gasteiger partial charge in [0.15, 0.2) is 5.84 Å². The second-order valence-electron chi connectivity index (χ2n) is 5.87. The third kappa shape index (κ3) is 2.41. The van der Waals surface area contributed by atoms with E-state index in [1.54, 1.807) is 0 Å². The summed E-state index contributed by atoms with van der Waals surface area (Å²) >= 11 is 0. The molecule has 0 aromatic heterocycles. The van der Waals surface area contributed by atoms with Gasteiger partial charge in [-0.25, -0.2) is 0 Å². The quantitative estimate of drug-likeness (QED) is 0.337. The maximum atomic E-state index is 12.7. The largest absolute Gasteiger partial charge is 0.409 e. The van der Waals surface area contributed by atoms with E-state index >= 15 is 0 Å². The van der Waals surface area contributed by atoms with Gasteiger partial charge in [-0.2, -0.15) is 0 Å². The van der Waals surface area contributed by atoms with E-state index in [0.717, 1.165) is 32.4 Å². The number of carbonyl (C=O) groups excluding carboxylic acids is 1. The van der Waals surface area contributed by atoms with Crippen LogP contribution in [0.2, 0.25) is 0 Å². The zero-order valence-electron chi connectivity index (χ0n) is 11.8. The first-order chi connectivity index (χ1) is 9.01. The van der Waals surface area contributed by atoms with Crippen LogP contribution in [-0.4, -0.2) is 60.0 Å². The van der Waals surface area contributed by atoms with Gasteiger partial charge in [0.05, 0.1) is 0 Å². The Morgan fingerprint density at radius 2 is 2.00 bits per heavy atom. The monoisotopic (exact) mass is 268 g/mol. The van der Waals surface area contributed by atoms with Crippen LogP contribution < -0.4 is 5.73 Å². The Bertz CT molecular complexity index is 371. The van der Waals surface area contributed by atoms with Gasteiger partial charge in [0.2, 0.25) is 5.91 Å². The molecule has 6 heteroatoms. The average Bonchev–Trinajstić information content (AvgIpc) is 2.37. The molecule has 0 atom stereocenters. The van der Waals surface area contributed by atoms with Crippen molar-refractivity contribution >= 4 is 11.7 Å². The first-order valence-electron chi connectivity index (χ1n) is 6.95. The average molecular weight is 268 g/mol. The Morgan fingerprint density at radius 3 is 2.42 bits per heavy atom. The fraction of sp³-hybridized carbons (Fsp3) is 0.846. The lowest BCUT2D eigenvalue weighted by molar-refractivity contribution is -0.143. The van der Waals surface area contributed by atoms with E-state index in [0.29, 0.717) is 12.8 Å². The zero-order chi connectivity index (χ0) is 14.0. The molecule has 2 rings (SSSR count). The van der Waals surface area contributed by atoms with Crippen molar-refractivity contribution in [2.75, 3.05) is 27.2 Å². The molecule has 0 spiro atoms. The van der Waals surface area contributed by atoms with Gasteiger partial charge in [-0.3, -0.25) is 4.79 Å². The molecule has 1 heterocycles. The van der Waals surface area contributed by atoms with Gasteiger partial charge in [-0.1, -0.05) is 11.6 Å². The van der Waals surface area contributed by atoms with Crippen molar-refractivity contribution in [3.05, 3.63) is 0 Å². The summed E-state index contributed by atoms with van der Waals surface area (Å²) in [6.07, 6.45) is 4.33. The van der Waals surface area contributed by atoms with Crippen LogP contribution in [0.3, 0.4) is 0 Å². The van der Waals surface area contributed by atoms with Crippen molar-refractivity contribution in [2.24, 2.45) is 16.3 Å². The van der Waals surface area contributed by atoms with E-state index in [9.17, 15) is 4.79 Å². The lowest BCUT2D eigenvalue weighted by Gasteiger charge is -2.44. The molecule has 2 aliphatic rings. The third-order valence-corrected chi connectivity index (χ3v) is 4.77. The van der Waals surface area contributed by atoms with Crippen LogP contribution in [0.1, 0.15) is 32.1 Å². The molecule has 1 amide bonds. The van der Waals surface area contributed by atoms with Crippen molar-refractivity contribution in [3.63, 3.8) is 0 Å². The lowest BCUT2D eigenvalue weighted by atomic mass is 9.66. The molecule has 0 radical (unpaired) electrons. The Balaban J connectivity index is 2.06. The predicted molar refractivity (Wildman–Crippen MR) is 73.0 cm³/mol. The summed E-state index contributed by atoms with van der Waals surface area (Å²) in [6.45, 7) is 2.03. The number of nitrogens with two attached hydrogens (primary N) is 1. The van der Waals surface area contributed by atoms with Crippen LogP contribution in [0.4, 0.5) is 0 Å². The van der Waals surface area contributed by atoms with Gasteiger partial charge in [0, 0.05) is 13.1 Å². The Kier molecular flexibility index (Phi) is 3.99. The van der Waals surface area contributed by atoms with E-state index in [4.69, 9.17) is 10.9 Å². The summed E-state index contributed by atoms with van der Waals surface area (Å²) < 4.78 is 0. The molecule has 6 nitrogen and oxygen atoms in total. The number of oxime groups is 1. The highest BCUT2D eigenvalue weighted by Crippen LogP contribution is 2.43. The number of amidine groups is 1. The van der Waals surface area contributed by atoms with Gasteiger partial charge in [0.25, 0.3) is 0 Å². The van der Waals surface area contributed by atoms with Crippen LogP contribution in [-0.2, 0) is 4.79 Å². The van der Waals surface area contributed by atoms with Gasteiger partial charge < -0.3 is 20.7 Å². The van der Waals surface area contributed by atoms with Crippen molar-refractivity contribution in [2.45, 2.75) is 38.1 Å². The van der Waals surface area contributed by atoms with Gasteiger partial charge >= 0.3 is 0 Å². The Labute approximate surface area is 114 Å². The molecule has 2 fully saturated rings. The van der Waals surface area contributed by atoms with Crippen molar-refractivity contribution < 1.29 is 10.0 Å². The van der Waals surface area contributed by atoms with Crippen molar-refractivity contribution in [1.29, 1.82) is 0 Å². The minimum Gasteiger partial charge on any atom is -0.409 e. The molecule has 19 heavy (non-hydrogen) atoms. The van der Waals surface area contributed by atoms with Crippen molar-refractivity contribution in [1.82, 2.24) is 9.80 Å². The van der Waals surface area contributed by atoms with Gasteiger partial charge in [-0.15, -0.1) is 0 Å². The standard InChI is InChI=1S/C13H24N4O2/c1-16-8-4-10(5-9-16)17(2)12(18)13(6-3-7-13)11(14)15-19/h10,19H,3-9H2,1-2H3,(H2,14,15). The number of likely N-dealkylation sites (tertiary alicyclic amines) is 1. The SMILES string of the molecule is CN1CCC(N(C)C(=O)C2(C(N)=NO)CCC2)CC1. The maximum absolute atomic E-state index is 12.7. The van der Waals surface area contributed by atoms with Crippen LogP contribution >= 0.6 is 0 Å². The first-order valence-corrected chi connectivity index (χ1v) is 6.95. The highest BCUT2D eigenvalue weighted by molar-refractivity contribution is 6.07. The summed E-state index contributed by atoms with van der Waals surface area (Å²) in [5.74, 6) is 0.0899. The normalized spacial score (nSPS) is 24.8. The number of nitrogens with zero attached hydrogens (tertiary/aromatic N) is 3. The second-order valence-corrected chi connectivity index (χ2v) is 5.87. The van der Waals surface area contributed by atoms with Crippen molar-refractivity contribution in [3.8, 4) is 0 Å². The summed E-state index contributed by atoms with van der Waals surface area (Å²) in [5, 5.41) is 12.0. The van der Waals surface area contributed by atoms with Crippen LogP contribution in [0.5, 0.6) is 0 Å². The van der Waals surface area contributed by atoms with Crippen LogP contribution in [0, 0.1) is 5.41 Å². The minimum atomic E-state index is -0.743. The molecule has 1 saturated carbocycles. The van der Waals surface area contributed by atoms with E-state index < -0.39 is 5.41 Å². The van der Waals surface area contributed by atoms with Gasteiger partial charge in [0.1, 0.15) is 5.41 Å². The number of carbonyl (C=O) groups is 1. The fourth-order valence-corrected chi connectivity index (χ4v) is 3.09. The van der Waals surface area contributed by atoms with Crippen LogP contribution in [0.25, 0.3) is 0 Å².